The molecule has 4 fully saturated rings. The molecule has 4 saturated carbocycles. The minimum Gasteiger partial charge on any atom is -0.460 e. The summed E-state index contributed by atoms with van der Waals surface area (Å²) in [6, 6.07) is 0. The highest BCUT2D eigenvalue weighted by Gasteiger charge is 2.62. The molecule has 0 saturated heterocycles. The van der Waals surface area contributed by atoms with Crippen LogP contribution in [0.25, 0.3) is 0 Å². The molecule has 4 bridgehead atoms. The topological polar surface area (TPSA) is 44.8 Å². The van der Waals surface area contributed by atoms with Crippen LogP contribution in [-0.2, 0) is 19.0 Å². The fourth-order valence-electron chi connectivity index (χ4n) is 6.32. The smallest absolute Gasteiger partial charge is 0.330 e. The van der Waals surface area contributed by atoms with Crippen molar-refractivity contribution in [2.75, 3.05) is 26.4 Å². The summed E-state index contributed by atoms with van der Waals surface area (Å²) in [5.41, 5.74) is 0. The van der Waals surface area contributed by atoms with Crippen molar-refractivity contribution in [3.05, 3.63) is 12.7 Å². The molecule has 0 aliphatic heterocycles. The van der Waals surface area contributed by atoms with Crippen LogP contribution in [0.4, 0.5) is 0 Å². The quantitative estimate of drug-likeness (QED) is 0.299. The third kappa shape index (κ3) is 2.85. The number of ether oxygens (including phenoxy) is 3. The minimum absolute atomic E-state index is 0.284. The zero-order valence-electron chi connectivity index (χ0n) is 13.8. The lowest BCUT2D eigenvalue weighted by atomic mass is 9.70. The minimum atomic E-state index is -0.396. The van der Waals surface area contributed by atoms with Crippen molar-refractivity contribution in [1.29, 1.82) is 0 Å². The van der Waals surface area contributed by atoms with Crippen LogP contribution in [0.1, 0.15) is 32.1 Å². The highest BCUT2D eigenvalue weighted by Crippen LogP contribution is 2.67. The Labute approximate surface area is 138 Å². The number of carbonyl (C=O) groups excluding carboxylic acids is 1. The first-order valence-electron chi connectivity index (χ1n) is 9.26. The monoisotopic (exact) mass is 320 g/mol. The zero-order valence-corrected chi connectivity index (χ0v) is 13.8. The largest absolute Gasteiger partial charge is 0.460 e. The van der Waals surface area contributed by atoms with Crippen LogP contribution in [0.2, 0.25) is 0 Å². The van der Waals surface area contributed by atoms with Gasteiger partial charge in [-0.25, -0.2) is 4.79 Å². The first kappa shape index (κ1) is 15.6. The van der Waals surface area contributed by atoms with Crippen molar-refractivity contribution in [1.82, 2.24) is 0 Å². The Morgan fingerprint density at radius 2 is 1.74 bits per heavy atom. The molecule has 7 unspecified atom stereocenters. The number of fused-ring (bicyclic) bond motifs is 9. The average Bonchev–Trinajstić information content (AvgIpc) is 3.31. The van der Waals surface area contributed by atoms with Gasteiger partial charge < -0.3 is 14.2 Å². The summed E-state index contributed by atoms with van der Waals surface area (Å²) in [5, 5.41) is 0. The lowest BCUT2D eigenvalue weighted by molar-refractivity contribution is -0.139. The van der Waals surface area contributed by atoms with Crippen molar-refractivity contribution in [2.45, 2.75) is 38.2 Å². The molecule has 23 heavy (non-hydrogen) atoms. The third-order valence-corrected chi connectivity index (χ3v) is 6.87. The fraction of sp³-hybridized carbons (Fsp3) is 0.842. The second-order valence-corrected chi connectivity index (χ2v) is 7.78. The SMILES string of the molecule is C=CC(=O)OCCOCCOC1CC2CC1C1C3CCC(C3)C21. The number of hydrogen-bond acceptors (Lipinski definition) is 4. The van der Waals surface area contributed by atoms with Gasteiger partial charge in [-0.05, 0) is 67.6 Å². The molecule has 0 N–H and O–H groups in total. The van der Waals surface area contributed by atoms with Crippen LogP contribution in [-0.4, -0.2) is 38.5 Å². The Hall–Kier alpha value is -0.870. The van der Waals surface area contributed by atoms with E-state index in [2.05, 4.69) is 6.58 Å². The van der Waals surface area contributed by atoms with Gasteiger partial charge in [0, 0.05) is 6.08 Å². The predicted molar refractivity (Wildman–Crippen MR) is 85.7 cm³/mol. The molecule has 4 aliphatic carbocycles. The van der Waals surface area contributed by atoms with Gasteiger partial charge in [0.2, 0.25) is 0 Å². The number of carbonyl (C=O) groups is 1. The van der Waals surface area contributed by atoms with Crippen molar-refractivity contribution in [3.8, 4) is 0 Å². The van der Waals surface area contributed by atoms with Crippen molar-refractivity contribution in [3.63, 3.8) is 0 Å². The van der Waals surface area contributed by atoms with E-state index in [-0.39, 0.29) is 6.61 Å². The molecule has 4 nitrogen and oxygen atoms in total. The van der Waals surface area contributed by atoms with E-state index in [1.807, 2.05) is 0 Å². The highest BCUT2D eigenvalue weighted by molar-refractivity contribution is 5.81. The van der Waals surface area contributed by atoms with Gasteiger partial charge in [-0.1, -0.05) is 6.58 Å². The molecule has 0 amide bonds. The van der Waals surface area contributed by atoms with Gasteiger partial charge in [0.15, 0.2) is 0 Å². The molecule has 0 heterocycles. The van der Waals surface area contributed by atoms with E-state index in [9.17, 15) is 4.79 Å². The number of rotatable bonds is 8. The molecule has 0 aromatic carbocycles. The molecule has 4 rings (SSSR count). The summed E-state index contributed by atoms with van der Waals surface area (Å²) in [6.45, 7) is 5.31. The van der Waals surface area contributed by atoms with E-state index < -0.39 is 5.97 Å². The Kier molecular flexibility index (Phi) is 4.46. The number of hydrogen-bond donors (Lipinski definition) is 0. The van der Waals surface area contributed by atoms with Gasteiger partial charge >= 0.3 is 5.97 Å². The van der Waals surface area contributed by atoms with Crippen molar-refractivity contribution in [2.24, 2.45) is 35.5 Å². The van der Waals surface area contributed by atoms with Crippen molar-refractivity contribution < 1.29 is 19.0 Å². The van der Waals surface area contributed by atoms with Gasteiger partial charge in [-0.3, -0.25) is 0 Å². The average molecular weight is 320 g/mol. The van der Waals surface area contributed by atoms with Gasteiger partial charge in [-0.15, -0.1) is 0 Å². The summed E-state index contributed by atoms with van der Waals surface area (Å²) in [5.74, 6) is 5.49. The maximum atomic E-state index is 10.9. The Morgan fingerprint density at radius 1 is 0.957 bits per heavy atom. The second-order valence-electron chi connectivity index (χ2n) is 7.78. The maximum absolute atomic E-state index is 10.9. The second kappa shape index (κ2) is 6.56. The lowest BCUT2D eigenvalue weighted by Gasteiger charge is -2.38. The molecule has 128 valence electrons. The Bertz CT molecular complexity index is 462. The van der Waals surface area contributed by atoms with Crippen LogP contribution in [0, 0.1) is 35.5 Å². The van der Waals surface area contributed by atoms with E-state index in [1.165, 1.54) is 38.2 Å². The molecule has 0 spiro atoms. The van der Waals surface area contributed by atoms with Gasteiger partial charge in [0.05, 0.1) is 25.9 Å². The van der Waals surface area contributed by atoms with Crippen LogP contribution in [0.5, 0.6) is 0 Å². The summed E-state index contributed by atoms with van der Waals surface area (Å²) in [6.07, 6.45) is 8.85. The molecule has 4 aliphatic rings. The fourth-order valence-corrected chi connectivity index (χ4v) is 6.32. The first-order chi connectivity index (χ1) is 11.3. The zero-order chi connectivity index (χ0) is 15.8. The normalized spacial score (nSPS) is 42.9. The van der Waals surface area contributed by atoms with Crippen LogP contribution >= 0.6 is 0 Å². The standard InChI is InChI=1S/C19H28O4/c1-2-17(20)23-8-6-21-5-7-22-16-11-14-10-15(16)19-13-4-3-12(9-13)18(14)19/h2,12-16,18-19H,1,3-11H2. The summed E-state index contributed by atoms with van der Waals surface area (Å²) in [4.78, 5) is 10.9. The van der Waals surface area contributed by atoms with Gasteiger partial charge in [0.25, 0.3) is 0 Å². The molecular formula is C19H28O4. The molecule has 4 heteroatoms. The Balaban J connectivity index is 1.14. The van der Waals surface area contributed by atoms with Crippen LogP contribution in [0.15, 0.2) is 12.7 Å². The first-order valence-corrected chi connectivity index (χ1v) is 9.26. The summed E-state index contributed by atoms with van der Waals surface area (Å²) >= 11 is 0. The van der Waals surface area contributed by atoms with E-state index in [0.29, 0.717) is 25.9 Å². The van der Waals surface area contributed by atoms with Gasteiger partial charge in [-0.2, -0.15) is 0 Å². The maximum Gasteiger partial charge on any atom is 0.330 e. The Morgan fingerprint density at radius 3 is 2.57 bits per heavy atom. The molecule has 0 radical (unpaired) electrons. The van der Waals surface area contributed by atoms with Gasteiger partial charge in [0.1, 0.15) is 6.61 Å². The van der Waals surface area contributed by atoms with E-state index in [0.717, 1.165) is 35.5 Å². The van der Waals surface area contributed by atoms with E-state index >= 15 is 0 Å². The molecule has 7 atom stereocenters. The molecular weight excluding hydrogens is 292 g/mol. The van der Waals surface area contributed by atoms with Crippen LogP contribution in [0.3, 0.4) is 0 Å². The molecule has 0 aromatic heterocycles. The third-order valence-electron chi connectivity index (χ3n) is 6.87. The van der Waals surface area contributed by atoms with Crippen LogP contribution < -0.4 is 0 Å². The molecule has 0 aromatic rings. The number of esters is 1. The summed E-state index contributed by atoms with van der Waals surface area (Å²) < 4.78 is 16.5. The van der Waals surface area contributed by atoms with Crippen molar-refractivity contribution >= 4 is 5.97 Å². The lowest BCUT2D eigenvalue weighted by Crippen LogP contribution is -2.36. The summed E-state index contributed by atoms with van der Waals surface area (Å²) in [7, 11) is 0. The van der Waals surface area contributed by atoms with E-state index in [4.69, 9.17) is 14.2 Å². The highest BCUT2D eigenvalue weighted by atomic mass is 16.6. The predicted octanol–water partition coefficient (Wildman–Crippen LogP) is 2.82. The van der Waals surface area contributed by atoms with E-state index in [1.54, 1.807) is 0 Å².